The molecule has 0 aliphatic rings. The van der Waals surface area contributed by atoms with Gasteiger partial charge in [0.15, 0.2) is 5.13 Å². The highest BCUT2D eigenvalue weighted by Gasteiger charge is 2.14. The number of urea groups is 1. The van der Waals surface area contributed by atoms with Gasteiger partial charge in [-0.15, -0.1) is 0 Å². The van der Waals surface area contributed by atoms with E-state index in [1.165, 1.54) is 18.4 Å². The second-order valence-corrected chi connectivity index (χ2v) is 6.94. The van der Waals surface area contributed by atoms with Crippen LogP contribution in [0, 0.1) is 0 Å². The molecule has 0 saturated carbocycles. The standard InChI is InChI=1S/C18H17ClN4O3S/c1-3-15(24)22-18-23-16-13(26-2)8-10(9-14(16)27-18)20-17(25)21-12-7-5-4-6-11(12)19/h4-9H,3H2,1-2H3,(H2,20,21,25)(H,22,23,24). The van der Waals surface area contributed by atoms with E-state index in [9.17, 15) is 9.59 Å². The lowest BCUT2D eigenvalue weighted by Gasteiger charge is -2.10. The van der Waals surface area contributed by atoms with Crippen molar-refractivity contribution < 1.29 is 14.3 Å². The molecule has 1 aromatic heterocycles. The summed E-state index contributed by atoms with van der Waals surface area (Å²) in [5, 5.41) is 9.09. The maximum atomic E-state index is 12.3. The predicted octanol–water partition coefficient (Wildman–Crippen LogP) is 4.95. The molecule has 0 aliphatic heterocycles. The van der Waals surface area contributed by atoms with E-state index >= 15 is 0 Å². The van der Waals surface area contributed by atoms with Gasteiger partial charge in [0.25, 0.3) is 0 Å². The first-order valence-electron chi connectivity index (χ1n) is 8.11. The lowest BCUT2D eigenvalue weighted by molar-refractivity contribution is -0.115. The number of amides is 3. The normalized spacial score (nSPS) is 10.5. The Morgan fingerprint density at radius 1 is 1.19 bits per heavy atom. The SMILES string of the molecule is CCC(=O)Nc1nc2c(OC)cc(NC(=O)Nc3ccccc3Cl)cc2s1. The van der Waals surface area contributed by atoms with Crippen molar-refractivity contribution in [3.8, 4) is 5.75 Å². The Morgan fingerprint density at radius 3 is 2.67 bits per heavy atom. The average molecular weight is 405 g/mol. The lowest BCUT2D eigenvalue weighted by Crippen LogP contribution is -2.19. The van der Waals surface area contributed by atoms with Crippen LogP contribution in [0.3, 0.4) is 0 Å². The molecule has 0 radical (unpaired) electrons. The van der Waals surface area contributed by atoms with E-state index in [4.69, 9.17) is 16.3 Å². The van der Waals surface area contributed by atoms with E-state index in [0.29, 0.717) is 39.2 Å². The Labute approximate surface area is 164 Å². The van der Waals surface area contributed by atoms with Gasteiger partial charge in [-0.3, -0.25) is 4.79 Å². The highest BCUT2D eigenvalue weighted by atomic mass is 35.5. The zero-order chi connectivity index (χ0) is 19.4. The molecule has 0 spiro atoms. The third-order valence-electron chi connectivity index (χ3n) is 3.63. The number of halogens is 1. The molecule has 140 valence electrons. The largest absolute Gasteiger partial charge is 0.494 e. The minimum absolute atomic E-state index is 0.120. The van der Waals surface area contributed by atoms with Gasteiger partial charge in [0, 0.05) is 18.2 Å². The van der Waals surface area contributed by atoms with Crippen molar-refractivity contribution in [2.24, 2.45) is 0 Å². The van der Waals surface area contributed by atoms with Gasteiger partial charge in [-0.1, -0.05) is 42.0 Å². The Bertz CT molecular complexity index is 1010. The van der Waals surface area contributed by atoms with Gasteiger partial charge < -0.3 is 20.7 Å². The number of para-hydroxylation sites is 1. The number of hydrogen-bond donors (Lipinski definition) is 3. The smallest absolute Gasteiger partial charge is 0.323 e. The Morgan fingerprint density at radius 2 is 1.96 bits per heavy atom. The Balaban J connectivity index is 1.83. The van der Waals surface area contributed by atoms with Crippen molar-refractivity contribution in [3.63, 3.8) is 0 Å². The number of carbonyl (C=O) groups excluding carboxylic acids is 2. The number of rotatable bonds is 5. The third-order valence-corrected chi connectivity index (χ3v) is 4.87. The van der Waals surface area contributed by atoms with Crippen molar-refractivity contribution >= 4 is 61.6 Å². The van der Waals surface area contributed by atoms with E-state index in [1.54, 1.807) is 43.3 Å². The first-order chi connectivity index (χ1) is 13.0. The summed E-state index contributed by atoms with van der Waals surface area (Å²) in [5.74, 6) is 0.374. The van der Waals surface area contributed by atoms with Crippen LogP contribution in [0.15, 0.2) is 36.4 Å². The summed E-state index contributed by atoms with van der Waals surface area (Å²) in [6.45, 7) is 1.77. The molecule has 0 aliphatic carbocycles. The predicted molar refractivity (Wildman–Crippen MR) is 109 cm³/mol. The van der Waals surface area contributed by atoms with Gasteiger partial charge >= 0.3 is 6.03 Å². The van der Waals surface area contributed by atoms with Crippen LogP contribution in [0.4, 0.5) is 21.3 Å². The van der Waals surface area contributed by atoms with Crippen LogP contribution in [0.1, 0.15) is 13.3 Å². The molecule has 3 N–H and O–H groups in total. The molecule has 3 aromatic rings. The van der Waals surface area contributed by atoms with Crippen molar-refractivity contribution in [1.29, 1.82) is 0 Å². The molecule has 1 heterocycles. The summed E-state index contributed by atoms with van der Waals surface area (Å²) in [5.41, 5.74) is 1.65. The average Bonchev–Trinajstić information content (AvgIpc) is 3.05. The van der Waals surface area contributed by atoms with Gasteiger partial charge in [-0.05, 0) is 18.2 Å². The second-order valence-electron chi connectivity index (χ2n) is 5.50. The topological polar surface area (TPSA) is 92.3 Å². The van der Waals surface area contributed by atoms with E-state index in [0.717, 1.165) is 4.70 Å². The van der Waals surface area contributed by atoms with Crippen LogP contribution >= 0.6 is 22.9 Å². The molecule has 0 unspecified atom stereocenters. The summed E-state index contributed by atoms with van der Waals surface area (Å²) >= 11 is 7.35. The molecule has 3 amide bonds. The number of benzene rings is 2. The van der Waals surface area contributed by atoms with E-state index in [-0.39, 0.29) is 5.91 Å². The van der Waals surface area contributed by atoms with Crippen molar-refractivity contribution in [1.82, 2.24) is 4.98 Å². The van der Waals surface area contributed by atoms with Crippen LogP contribution in [0.5, 0.6) is 5.75 Å². The quantitative estimate of drug-likeness (QED) is 0.560. The van der Waals surface area contributed by atoms with Crippen LogP contribution in [0.2, 0.25) is 5.02 Å². The lowest BCUT2D eigenvalue weighted by atomic mass is 10.2. The van der Waals surface area contributed by atoms with E-state index < -0.39 is 6.03 Å². The number of fused-ring (bicyclic) bond motifs is 1. The van der Waals surface area contributed by atoms with Crippen LogP contribution in [-0.4, -0.2) is 24.0 Å². The fourth-order valence-electron chi connectivity index (χ4n) is 2.33. The van der Waals surface area contributed by atoms with Crippen molar-refractivity contribution in [2.45, 2.75) is 13.3 Å². The number of nitrogens with zero attached hydrogens (tertiary/aromatic N) is 1. The highest BCUT2D eigenvalue weighted by Crippen LogP contribution is 2.35. The summed E-state index contributed by atoms with van der Waals surface area (Å²) in [6, 6.07) is 9.95. The van der Waals surface area contributed by atoms with Crippen molar-refractivity contribution in [2.75, 3.05) is 23.1 Å². The van der Waals surface area contributed by atoms with E-state index in [1.807, 2.05) is 0 Å². The van der Waals surface area contributed by atoms with Crippen LogP contribution in [-0.2, 0) is 4.79 Å². The fourth-order valence-corrected chi connectivity index (χ4v) is 3.46. The number of thiazole rings is 1. The first kappa shape index (κ1) is 18.9. The minimum atomic E-state index is -0.437. The molecule has 27 heavy (non-hydrogen) atoms. The monoisotopic (exact) mass is 404 g/mol. The number of carbonyl (C=O) groups is 2. The molecular weight excluding hydrogens is 388 g/mol. The number of nitrogens with one attached hydrogen (secondary N) is 3. The molecular formula is C18H17ClN4O3S. The minimum Gasteiger partial charge on any atom is -0.494 e. The maximum Gasteiger partial charge on any atom is 0.323 e. The summed E-state index contributed by atoms with van der Waals surface area (Å²) in [4.78, 5) is 28.2. The number of methoxy groups -OCH3 is 1. The van der Waals surface area contributed by atoms with Gasteiger partial charge in [0.2, 0.25) is 5.91 Å². The van der Waals surface area contributed by atoms with Gasteiger partial charge in [0.05, 0.1) is 22.5 Å². The zero-order valence-electron chi connectivity index (χ0n) is 14.6. The number of anilines is 3. The molecule has 2 aromatic carbocycles. The molecule has 0 fully saturated rings. The summed E-state index contributed by atoms with van der Waals surface area (Å²) in [6.07, 6.45) is 0.363. The van der Waals surface area contributed by atoms with Gasteiger partial charge in [-0.25, -0.2) is 9.78 Å². The van der Waals surface area contributed by atoms with Crippen molar-refractivity contribution in [3.05, 3.63) is 41.4 Å². The first-order valence-corrected chi connectivity index (χ1v) is 9.30. The zero-order valence-corrected chi connectivity index (χ0v) is 16.2. The summed E-state index contributed by atoms with van der Waals surface area (Å²) in [7, 11) is 1.52. The van der Waals surface area contributed by atoms with Gasteiger partial charge in [-0.2, -0.15) is 0 Å². The van der Waals surface area contributed by atoms with Crippen LogP contribution in [0.25, 0.3) is 10.2 Å². The molecule has 9 heteroatoms. The maximum absolute atomic E-state index is 12.3. The second kappa shape index (κ2) is 8.24. The molecule has 7 nitrogen and oxygen atoms in total. The fraction of sp³-hybridized carbons (Fsp3) is 0.167. The van der Waals surface area contributed by atoms with E-state index in [2.05, 4.69) is 20.9 Å². The van der Waals surface area contributed by atoms with Crippen LogP contribution < -0.4 is 20.7 Å². The molecule has 0 atom stereocenters. The highest BCUT2D eigenvalue weighted by molar-refractivity contribution is 7.22. The number of ether oxygens (including phenoxy) is 1. The number of aromatic nitrogens is 1. The molecule has 3 rings (SSSR count). The summed E-state index contributed by atoms with van der Waals surface area (Å²) < 4.78 is 6.14. The Hall–Kier alpha value is -2.84. The number of hydrogen-bond acceptors (Lipinski definition) is 5. The Kier molecular flexibility index (Phi) is 5.78. The third kappa shape index (κ3) is 4.47. The molecule has 0 bridgehead atoms. The van der Waals surface area contributed by atoms with Gasteiger partial charge in [0.1, 0.15) is 11.3 Å². The molecule has 0 saturated heterocycles.